The van der Waals surface area contributed by atoms with Crippen LogP contribution < -0.4 is 10.6 Å². The largest absolute Gasteiger partial charge is 0.356 e. The molecule has 0 unspecified atom stereocenters. The third-order valence-electron chi connectivity index (χ3n) is 5.01. The Morgan fingerprint density at radius 1 is 1.03 bits per heavy atom. The zero-order valence-electron chi connectivity index (χ0n) is 16.7. The third kappa shape index (κ3) is 4.75. The fourth-order valence-electron chi connectivity index (χ4n) is 3.44. The van der Waals surface area contributed by atoms with Gasteiger partial charge in [0.1, 0.15) is 17.2 Å². The van der Waals surface area contributed by atoms with Crippen molar-refractivity contribution in [2.24, 2.45) is 5.73 Å². The van der Waals surface area contributed by atoms with Crippen molar-refractivity contribution >= 4 is 17.6 Å². The van der Waals surface area contributed by atoms with Gasteiger partial charge in [0, 0.05) is 42.0 Å². The second-order valence-corrected chi connectivity index (χ2v) is 8.20. The molecule has 2 N–H and O–H groups in total. The zero-order valence-corrected chi connectivity index (χ0v) is 17.5. The molecule has 1 saturated heterocycles. The molecule has 0 amide bonds. The van der Waals surface area contributed by atoms with Gasteiger partial charge in [-0.15, -0.1) is 0 Å². The summed E-state index contributed by atoms with van der Waals surface area (Å²) in [5, 5.41) is 10.2. The highest BCUT2D eigenvalue weighted by Gasteiger charge is 2.15. The first-order valence-electron chi connectivity index (χ1n) is 10.1. The highest BCUT2D eigenvalue weighted by Crippen LogP contribution is 2.35. The molecule has 1 fully saturated rings. The third-order valence-corrected chi connectivity index (χ3v) is 6.00. The van der Waals surface area contributed by atoms with E-state index in [-0.39, 0.29) is 0 Å². The number of piperidine rings is 1. The predicted octanol–water partition coefficient (Wildman–Crippen LogP) is 3.45. The topological polar surface area (TPSA) is 105 Å². The van der Waals surface area contributed by atoms with Gasteiger partial charge in [-0.2, -0.15) is 5.26 Å². The summed E-state index contributed by atoms with van der Waals surface area (Å²) in [6.07, 6.45) is 9.63. The molecule has 30 heavy (non-hydrogen) atoms. The lowest BCUT2D eigenvalue weighted by Gasteiger charge is -2.27. The van der Waals surface area contributed by atoms with Crippen LogP contribution in [0.4, 0.5) is 5.82 Å². The predicted molar refractivity (Wildman–Crippen MR) is 117 cm³/mol. The molecular weight excluding hydrogens is 394 g/mol. The Morgan fingerprint density at radius 3 is 2.57 bits per heavy atom. The second kappa shape index (κ2) is 9.65. The molecule has 152 valence electrons. The van der Waals surface area contributed by atoms with Crippen LogP contribution >= 0.6 is 11.8 Å². The van der Waals surface area contributed by atoms with E-state index in [0.29, 0.717) is 17.9 Å². The second-order valence-electron chi connectivity index (χ2n) is 7.14. The van der Waals surface area contributed by atoms with Gasteiger partial charge in [0.05, 0.1) is 11.6 Å². The summed E-state index contributed by atoms with van der Waals surface area (Å²) in [5.41, 5.74) is 8.08. The zero-order chi connectivity index (χ0) is 20.8. The Morgan fingerprint density at radius 2 is 1.83 bits per heavy atom. The van der Waals surface area contributed by atoms with Crippen molar-refractivity contribution in [2.45, 2.75) is 35.6 Å². The summed E-state index contributed by atoms with van der Waals surface area (Å²) in [5.74, 6) is 1.57. The lowest BCUT2D eigenvalue weighted by atomic mass is 10.1. The maximum atomic E-state index is 9.36. The van der Waals surface area contributed by atoms with E-state index in [0.717, 1.165) is 46.4 Å². The number of aromatic nitrogens is 4. The Hall–Kier alpha value is -3.02. The first-order chi connectivity index (χ1) is 14.8. The van der Waals surface area contributed by atoms with Gasteiger partial charge in [0.15, 0.2) is 5.82 Å². The first kappa shape index (κ1) is 20.3. The monoisotopic (exact) mass is 417 g/mol. The van der Waals surface area contributed by atoms with Crippen molar-refractivity contribution in [3.05, 3.63) is 54.1 Å². The molecule has 1 aliphatic rings. The van der Waals surface area contributed by atoms with E-state index < -0.39 is 0 Å². The summed E-state index contributed by atoms with van der Waals surface area (Å²) in [6, 6.07) is 9.77. The molecule has 0 spiro atoms. The van der Waals surface area contributed by atoms with E-state index in [1.807, 2.05) is 18.2 Å². The number of hydrogen-bond acceptors (Lipinski definition) is 8. The minimum absolute atomic E-state index is 0.563. The molecule has 0 saturated carbocycles. The molecule has 0 aliphatic carbocycles. The van der Waals surface area contributed by atoms with Crippen molar-refractivity contribution < 1.29 is 0 Å². The molecule has 0 bridgehead atoms. The molecule has 1 aliphatic heterocycles. The van der Waals surface area contributed by atoms with E-state index in [4.69, 9.17) is 5.73 Å². The van der Waals surface area contributed by atoms with Gasteiger partial charge in [-0.1, -0.05) is 11.8 Å². The van der Waals surface area contributed by atoms with Gasteiger partial charge >= 0.3 is 0 Å². The average Bonchev–Trinajstić information content (AvgIpc) is 2.81. The molecule has 1 aromatic carbocycles. The van der Waals surface area contributed by atoms with Crippen LogP contribution in [0.2, 0.25) is 0 Å². The van der Waals surface area contributed by atoms with E-state index in [2.05, 4.69) is 30.9 Å². The standard InChI is InChI=1S/C22H23N7S/c23-7-6-17-13-25-22(26-14-17)18-5-4-16(12-24)10-19(18)30-21-11-20(27-15-28-21)29-8-2-1-3-9-29/h4-5,10-11,13-15H,1-3,6-9,23H2. The van der Waals surface area contributed by atoms with Gasteiger partial charge in [-0.3, -0.25) is 0 Å². The average molecular weight is 418 g/mol. The van der Waals surface area contributed by atoms with Crippen molar-refractivity contribution in [1.29, 1.82) is 5.26 Å². The van der Waals surface area contributed by atoms with E-state index in [9.17, 15) is 5.26 Å². The molecular formula is C22H23N7S. The smallest absolute Gasteiger partial charge is 0.160 e. The Kier molecular flexibility index (Phi) is 6.52. The molecule has 8 heteroatoms. The normalized spacial score (nSPS) is 13.8. The Labute approximate surface area is 180 Å². The van der Waals surface area contributed by atoms with E-state index >= 15 is 0 Å². The fourth-order valence-corrected chi connectivity index (χ4v) is 4.39. The Balaban J connectivity index is 1.64. The molecule has 0 radical (unpaired) electrons. The molecule has 4 rings (SSSR count). The lowest BCUT2D eigenvalue weighted by Crippen LogP contribution is -2.30. The lowest BCUT2D eigenvalue weighted by molar-refractivity contribution is 0.572. The SMILES string of the molecule is N#Cc1ccc(-c2ncc(CCN)cn2)c(Sc2cc(N3CCCCC3)ncn2)c1. The van der Waals surface area contributed by atoms with Crippen LogP contribution in [0, 0.1) is 11.3 Å². The first-order valence-corrected chi connectivity index (χ1v) is 10.9. The highest BCUT2D eigenvalue weighted by molar-refractivity contribution is 7.99. The summed E-state index contributed by atoms with van der Waals surface area (Å²) in [6.45, 7) is 2.62. The van der Waals surface area contributed by atoms with Gasteiger partial charge in [0.25, 0.3) is 0 Å². The van der Waals surface area contributed by atoms with Crippen LogP contribution in [0.5, 0.6) is 0 Å². The Bertz CT molecular complexity index is 1040. The molecule has 3 aromatic rings. The quantitative estimate of drug-likeness (QED) is 0.608. The van der Waals surface area contributed by atoms with E-state index in [1.54, 1.807) is 24.8 Å². The summed E-state index contributed by atoms with van der Waals surface area (Å²) >= 11 is 1.50. The number of anilines is 1. The van der Waals surface area contributed by atoms with Gasteiger partial charge < -0.3 is 10.6 Å². The number of nitrogens with zero attached hydrogens (tertiary/aromatic N) is 6. The van der Waals surface area contributed by atoms with Crippen LogP contribution in [-0.4, -0.2) is 39.6 Å². The van der Waals surface area contributed by atoms with Crippen LogP contribution in [0.1, 0.15) is 30.4 Å². The number of rotatable bonds is 6. The van der Waals surface area contributed by atoms with Crippen LogP contribution in [0.15, 0.2) is 52.9 Å². The minimum Gasteiger partial charge on any atom is -0.356 e. The number of hydrogen-bond donors (Lipinski definition) is 1. The van der Waals surface area contributed by atoms with E-state index in [1.165, 1.54) is 31.0 Å². The maximum absolute atomic E-state index is 9.36. The minimum atomic E-state index is 0.563. The van der Waals surface area contributed by atoms with Crippen molar-refractivity contribution in [1.82, 2.24) is 19.9 Å². The van der Waals surface area contributed by atoms with Crippen LogP contribution in [0.3, 0.4) is 0 Å². The molecule has 2 aromatic heterocycles. The van der Waals surface area contributed by atoms with Gasteiger partial charge in [-0.25, -0.2) is 19.9 Å². The molecule has 7 nitrogen and oxygen atoms in total. The van der Waals surface area contributed by atoms with Crippen molar-refractivity contribution in [3.63, 3.8) is 0 Å². The van der Waals surface area contributed by atoms with Crippen LogP contribution in [-0.2, 0) is 6.42 Å². The van der Waals surface area contributed by atoms with Crippen molar-refractivity contribution in [2.75, 3.05) is 24.5 Å². The fraction of sp³-hybridized carbons (Fsp3) is 0.318. The summed E-state index contributed by atoms with van der Waals surface area (Å²) < 4.78 is 0. The van der Waals surface area contributed by atoms with Gasteiger partial charge in [0.2, 0.25) is 0 Å². The number of nitrogens with two attached hydrogens (primary N) is 1. The molecule has 3 heterocycles. The number of benzene rings is 1. The molecule has 0 atom stereocenters. The summed E-state index contributed by atoms with van der Waals surface area (Å²) in [4.78, 5) is 21.1. The maximum Gasteiger partial charge on any atom is 0.160 e. The van der Waals surface area contributed by atoms with Crippen molar-refractivity contribution in [3.8, 4) is 17.5 Å². The van der Waals surface area contributed by atoms with Crippen LogP contribution in [0.25, 0.3) is 11.4 Å². The highest BCUT2D eigenvalue weighted by atomic mass is 32.2. The number of nitriles is 1. The summed E-state index contributed by atoms with van der Waals surface area (Å²) in [7, 11) is 0. The van der Waals surface area contributed by atoms with Gasteiger partial charge in [-0.05, 0) is 56.0 Å².